The zero-order valence-electron chi connectivity index (χ0n) is 10.2. The Morgan fingerprint density at radius 3 is 2.72 bits per heavy atom. The molecule has 0 saturated carbocycles. The van der Waals surface area contributed by atoms with Crippen molar-refractivity contribution in [3.05, 3.63) is 48.0 Å². The highest BCUT2D eigenvalue weighted by atomic mass is 16.7. The zero-order chi connectivity index (χ0) is 12.4. The monoisotopic (exact) mass is 248 g/mol. The number of hydrogen-bond acceptors (Lipinski definition) is 4. The molecule has 0 amide bonds. The van der Waals surface area contributed by atoms with Crippen molar-refractivity contribution in [2.24, 2.45) is 0 Å². The van der Waals surface area contributed by atoms with Crippen molar-refractivity contribution in [2.45, 2.75) is 24.8 Å². The first kappa shape index (κ1) is 11.9. The molecule has 0 bridgehead atoms. The van der Waals surface area contributed by atoms with Gasteiger partial charge in [-0.1, -0.05) is 36.4 Å². The first-order valence-electron chi connectivity index (χ1n) is 6.05. The highest BCUT2D eigenvalue weighted by Crippen LogP contribution is 2.30. The smallest absolute Gasteiger partial charge is 0.184 e. The predicted octanol–water partition coefficient (Wildman–Crippen LogP) is 2.03. The van der Waals surface area contributed by atoms with Crippen LogP contribution in [0.5, 0.6) is 0 Å². The molecular weight excluding hydrogens is 232 g/mol. The molecule has 1 saturated heterocycles. The van der Waals surface area contributed by atoms with Gasteiger partial charge in [-0.25, -0.2) is 0 Å². The van der Waals surface area contributed by atoms with Gasteiger partial charge < -0.3 is 18.9 Å². The van der Waals surface area contributed by atoms with Crippen molar-refractivity contribution in [3.8, 4) is 0 Å². The fourth-order valence-corrected chi connectivity index (χ4v) is 2.17. The van der Waals surface area contributed by atoms with Gasteiger partial charge in [0.05, 0.1) is 6.61 Å². The van der Waals surface area contributed by atoms with Gasteiger partial charge in [0, 0.05) is 12.7 Å². The molecule has 4 nitrogen and oxygen atoms in total. The number of rotatable bonds is 2. The Hall–Kier alpha value is -1.20. The third-order valence-corrected chi connectivity index (χ3v) is 3.13. The van der Waals surface area contributed by atoms with Gasteiger partial charge in [-0.2, -0.15) is 0 Å². The van der Waals surface area contributed by atoms with E-state index in [-0.39, 0.29) is 24.8 Å². The molecule has 1 aromatic rings. The quantitative estimate of drug-likeness (QED) is 0.750. The van der Waals surface area contributed by atoms with E-state index in [2.05, 4.69) is 0 Å². The Morgan fingerprint density at radius 2 is 1.94 bits per heavy atom. The van der Waals surface area contributed by atoms with Gasteiger partial charge in [0.1, 0.15) is 12.2 Å². The third-order valence-electron chi connectivity index (χ3n) is 3.13. The molecule has 1 aromatic carbocycles. The van der Waals surface area contributed by atoms with Crippen molar-refractivity contribution < 1.29 is 18.9 Å². The molecule has 2 aliphatic rings. The van der Waals surface area contributed by atoms with Crippen molar-refractivity contribution in [1.29, 1.82) is 0 Å². The maximum Gasteiger partial charge on any atom is 0.184 e. The lowest BCUT2D eigenvalue weighted by molar-refractivity contribution is -0.280. The van der Waals surface area contributed by atoms with Crippen LogP contribution >= 0.6 is 0 Å². The highest BCUT2D eigenvalue weighted by molar-refractivity contribution is 5.17. The molecule has 0 N–H and O–H groups in total. The van der Waals surface area contributed by atoms with Crippen molar-refractivity contribution in [1.82, 2.24) is 0 Å². The predicted molar refractivity (Wildman–Crippen MR) is 64.8 cm³/mol. The van der Waals surface area contributed by atoms with E-state index in [0.29, 0.717) is 6.61 Å². The van der Waals surface area contributed by atoms with Gasteiger partial charge in [-0.05, 0) is 6.08 Å². The zero-order valence-corrected chi connectivity index (χ0v) is 10.2. The lowest BCUT2D eigenvalue weighted by Gasteiger charge is -2.38. The number of methoxy groups -OCH3 is 1. The Morgan fingerprint density at radius 1 is 1.11 bits per heavy atom. The second-order valence-electron chi connectivity index (χ2n) is 4.34. The van der Waals surface area contributed by atoms with Gasteiger partial charge in [0.25, 0.3) is 0 Å². The first-order valence-corrected chi connectivity index (χ1v) is 6.05. The molecule has 0 radical (unpaired) electrons. The number of ether oxygens (including phenoxy) is 4. The molecule has 96 valence electrons. The Labute approximate surface area is 106 Å². The van der Waals surface area contributed by atoms with Crippen molar-refractivity contribution >= 4 is 0 Å². The highest BCUT2D eigenvalue weighted by Gasteiger charge is 2.35. The molecule has 0 aliphatic carbocycles. The maximum atomic E-state index is 5.88. The second-order valence-corrected chi connectivity index (χ2v) is 4.34. The lowest BCUT2D eigenvalue weighted by Crippen LogP contribution is -2.45. The van der Waals surface area contributed by atoms with Crippen LogP contribution in [-0.2, 0) is 18.9 Å². The molecule has 4 heteroatoms. The molecule has 0 aromatic heterocycles. The van der Waals surface area contributed by atoms with E-state index in [1.807, 2.05) is 42.5 Å². The minimum Gasteiger partial charge on any atom is -0.352 e. The van der Waals surface area contributed by atoms with E-state index in [0.717, 1.165) is 5.56 Å². The van der Waals surface area contributed by atoms with Gasteiger partial charge in [0.15, 0.2) is 12.6 Å². The summed E-state index contributed by atoms with van der Waals surface area (Å²) in [7, 11) is 1.62. The average Bonchev–Trinajstić information content (AvgIpc) is 2.47. The van der Waals surface area contributed by atoms with E-state index < -0.39 is 0 Å². The lowest BCUT2D eigenvalue weighted by atomic mass is 10.1. The van der Waals surface area contributed by atoms with Gasteiger partial charge in [-0.3, -0.25) is 0 Å². The van der Waals surface area contributed by atoms with E-state index in [1.165, 1.54) is 0 Å². The van der Waals surface area contributed by atoms with E-state index in [1.54, 1.807) is 7.11 Å². The Kier molecular flexibility index (Phi) is 3.43. The molecule has 2 heterocycles. The normalized spacial score (nSPS) is 35.2. The minimum absolute atomic E-state index is 0.0737. The minimum atomic E-state index is -0.320. The Bertz CT molecular complexity index is 417. The molecule has 0 spiro atoms. The van der Waals surface area contributed by atoms with E-state index in [4.69, 9.17) is 18.9 Å². The summed E-state index contributed by atoms with van der Waals surface area (Å²) < 4.78 is 22.4. The fraction of sp³-hybridized carbons (Fsp3) is 0.429. The topological polar surface area (TPSA) is 36.9 Å². The van der Waals surface area contributed by atoms with Crippen LogP contribution < -0.4 is 0 Å². The number of benzene rings is 1. The van der Waals surface area contributed by atoms with Crippen LogP contribution in [0.15, 0.2) is 42.5 Å². The molecule has 2 aliphatic heterocycles. The number of hydrogen-bond donors (Lipinski definition) is 0. The summed E-state index contributed by atoms with van der Waals surface area (Å²) >= 11 is 0. The van der Waals surface area contributed by atoms with Crippen LogP contribution in [0.2, 0.25) is 0 Å². The SMILES string of the molecule is CO[C@H]1C=C[C@@H]2O[C@@H](c3ccccc3)OC[C@@H]2O1. The number of fused-ring (bicyclic) bond motifs is 1. The summed E-state index contributed by atoms with van der Waals surface area (Å²) in [5.74, 6) is 0. The fourth-order valence-electron chi connectivity index (χ4n) is 2.17. The summed E-state index contributed by atoms with van der Waals surface area (Å²) in [5.41, 5.74) is 1.03. The first-order chi connectivity index (χ1) is 8.86. The second kappa shape index (κ2) is 5.20. The standard InChI is InChI=1S/C14H16O4/c1-15-13-8-7-11-12(17-13)9-16-14(18-11)10-5-3-2-4-6-10/h2-8,11-14H,9H2,1H3/t11-,12-,13+,14-/m0/s1. The van der Waals surface area contributed by atoms with Crippen LogP contribution in [0.25, 0.3) is 0 Å². The van der Waals surface area contributed by atoms with E-state index >= 15 is 0 Å². The summed E-state index contributed by atoms with van der Waals surface area (Å²) in [6, 6.07) is 9.92. The van der Waals surface area contributed by atoms with Gasteiger partial charge in [-0.15, -0.1) is 0 Å². The van der Waals surface area contributed by atoms with Crippen LogP contribution in [-0.4, -0.2) is 32.2 Å². The molecule has 1 fully saturated rings. The van der Waals surface area contributed by atoms with Gasteiger partial charge in [0.2, 0.25) is 0 Å². The molecule has 18 heavy (non-hydrogen) atoms. The van der Waals surface area contributed by atoms with Crippen LogP contribution in [0.1, 0.15) is 11.9 Å². The average molecular weight is 248 g/mol. The largest absolute Gasteiger partial charge is 0.352 e. The van der Waals surface area contributed by atoms with Crippen LogP contribution in [0.3, 0.4) is 0 Å². The third kappa shape index (κ3) is 2.33. The van der Waals surface area contributed by atoms with E-state index in [9.17, 15) is 0 Å². The maximum absolute atomic E-state index is 5.88. The molecule has 4 atom stereocenters. The summed E-state index contributed by atoms with van der Waals surface area (Å²) in [5, 5.41) is 0. The summed E-state index contributed by atoms with van der Waals surface area (Å²) in [6.45, 7) is 0.508. The molecule has 0 unspecified atom stereocenters. The van der Waals surface area contributed by atoms with Crippen molar-refractivity contribution in [2.75, 3.05) is 13.7 Å². The Balaban J connectivity index is 1.71. The van der Waals surface area contributed by atoms with Crippen LogP contribution in [0.4, 0.5) is 0 Å². The van der Waals surface area contributed by atoms with Gasteiger partial charge >= 0.3 is 0 Å². The molecular formula is C14H16O4. The van der Waals surface area contributed by atoms with Crippen molar-refractivity contribution in [3.63, 3.8) is 0 Å². The summed E-state index contributed by atoms with van der Waals surface area (Å²) in [4.78, 5) is 0. The van der Waals surface area contributed by atoms with Crippen LogP contribution in [0, 0.1) is 0 Å². The summed E-state index contributed by atoms with van der Waals surface area (Å²) in [6.07, 6.45) is 3.07. The molecule has 3 rings (SSSR count).